The Morgan fingerprint density at radius 3 is 2.86 bits per heavy atom. The van der Waals surface area contributed by atoms with Crippen LogP contribution in [0, 0.1) is 6.92 Å². The highest BCUT2D eigenvalue weighted by molar-refractivity contribution is 7.99. The fourth-order valence-corrected chi connectivity index (χ4v) is 2.30. The summed E-state index contributed by atoms with van der Waals surface area (Å²) < 4.78 is 0. The number of nitrogen functional groups attached to an aromatic ring is 2. The normalized spacial score (nSPS) is 10.3. The van der Waals surface area contributed by atoms with E-state index in [9.17, 15) is 9.59 Å². The Labute approximate surface area is 125 Å². The number of benzene rings is 1. The quantitative estimate of drug-likeness (QED) is 0.379. The zero-order valence-corrected chi connectivity index (χ0v) is 12.2. The van der Waals surface area contributed by atoms with Gasteiger partial charge in [-0.2, -0.15) is 0 Å². The van der Waals surface area contributed by atoms with Gasteiger partial charge in [-0.1, -0.05) is 17.8 Å². The first-order chi connectivity index (χ1) is 9.94. The summed E-state index contributed by atoms with van der Waals surface area (Å²) in [5.41, 5.74) is 12.9. The Morgan fingerprint density at radius 2 is 2.14 bits per heavy atom. The maximum absolute atomic E-state index is 11.9. The Morgan fingerprint density at radius 1 is 1.38 bits per heavy atom. The van der Waals surface area contributed by atoms with Crippen molar-refractivity contribution in [2.75, 3.05) is 22.5 Å². The van der Waals surface area contributed by atoms with E-state index >= 15 is 0 Å². The van der Waals surface area contributed by atoms with Crippen molar-refractivity contribution >= 4 is 34.9 Å². The number of nitrogens with two attached hydrogens (primary N) is 2. The standard InChI is InChI=1S/C13H15N5O2S/c1-7-2-3-8(14)4-9(7)16-12(20)6-21-13-17-10(15)5-11(19)18-13/h2-5H,6,14H2,1H3,(H,16,20)(H3,15,17,18,19). The first-order valence-corrected chi connectivity index (χ1v) is 7.08. The highest BCUT2D eigenvalue weighted by Gasteiger charge is 2.08. The Kier molecular flexibility index (Phi) is 4.49. The van der Waals surface area contributed by atoms with Gasteiger partial charge in [-0.15, -0.1) is 0 Å². The van der Waals surface area contributed by atoms with Crippen molar-refractivity contribution in [2.45, 2.75) is 12.1 Å². The maximum atomic E-state index is 11.9. The van der Waals surface area contributed by atoms with Crippen molar-refractivity contribution < 1.29 is 4.79 Å². The minimum absolute atomic E-state index is 0.0978. The molecular weight excluding hydrogens is 290 g/mol. The van der Waals surface area contributed by atoms with Crippen molar-refractivity contribution in [2.24, 2.45) is 0 Å². The van der Waals surface area contributed by atoms with Crippen molar-refractivity contribution in [3.63, 3.8) is 0 Å². The summed E-state index contributed by atoms with van der Waals surface area (Å²) in [5.74, 6) is -0.00668. The molecule has 0 atom stereocenters. The van der Waals surface area contributed by atoms with Crippen LogP contribution >= 0.6 is 11.8 Å². The summed E-state index contributed by atoms with van der Waals surface area (Å²) in [7, 11) is 0. The van der Waals surface area contributed by atoms with Crippen molar-refractivity contribution in [1.29, 1.82) is 0 Å². The number of anilines is 3. The maximum Gasteiger partial charge on any atom is 0.253 e. The number of nitrogens with zero attached hydrogens (tertiary/aromatic N) is 1. The van der Waals surface area contributed by atoms with E-state index in [2.05, 4.69) is 15.3 Å². The van der Waals surface area contributed by atoms with Crippen LogP contribution in [0.3, 0.4) is 0 Å². The number of aryl methyl sites for hydroxylation is 1. The topological polar surface area (TPSA) is 127 Å². The number of nitrogens with one attached hydrogen (secondary N) is 2. The van der Waals surface area contributed by atoms with E-state index in [-0.39, 0.29) is 23.0 Å². The van der Waals surface area contributed by atoms with E-state index in [1.54, 1.807) is 12.1 Å². The molecule has 1 aromatic heterocycles. The molecule has 0 saturated carbocycles. The number of aromatic nitrogens is 2. The van der Waals surface area contributed by atoms with Crippen molar-refractivity contribution in [3.8, 4) is 0 Å². The number of thioether (sulfide) groups is 1. The van der Waals surface area contributed by atoms with Gasteiger partial charge in [-0.25, -0.2) is 4.98 Å². The Bertz CT molecular complexity index is 729. The third-order valence-corrected chi connectivity index (χ3v) is 3.49. The molecule has 1 aromatic carbocycles. The lowest BCUT2D eigenvalue weighted by Gasteiger charge is -2.09. The molecule has 0 fully saturated rings. The minimum atomic E-state index is -0.350. The van der Waals surface area contributed by atoms with Gasteiger partial charge in [-0.3, -0.25) is 9.59 Å². The van der Waals surface area contributed by atoms with Crippen molar-refractivity contribution in [1.82, 2.24) is 9.97 Å². The summed E-state index contributed by atoms with van der Waals surface area (Å²) in [6.45, 7) is 1.87. The van der Waals surface area contributed by atoms with Crippen LogP contribution in [-0.2, 0) is 4.79 Å². The van der Waals surface area contributed by atoms with Gasteiger partial charge in [0.15, 0.2) is 5.16 Å². The number of hydrogen-bond acceptors (Lipinski definition) is 6. The summed E-state index contributed by atoms with van der Waals surface area (Å²) in [6.07, 6.45) is 0. The first kappa shape index (κ1) is 14.9. The number of amides is 1. The van der Waals surface area contributed by atoms with Crippen LogP contribution in [0.4, 0.5) is 17.2 Å². The van der Waals surface area contributed by atoms with Crippen LogP contribution in [0.15, 0.2) is 34.2 Å². The largest absolute Gasteiger partial charge is 0.399 e. The number of rotatable bonds is 4. The monoisotopic (exact) mass is 305 g/mol. The van der Waals surface area contributed by atoms with Gasteiger partial charge in [0.25, 0.3) is 5.56 Å². The highest BCUT2D eigenvalue weighted by Crippen LogP contribution is 2.19. The average Bonchev–Trinajstić information content (AvgIpc) is 2.40. The Balaban J connectivity index is 1.99. The fraction of sp³-hybridized carbons (Fsp3) is 0.154. The van der Waals surface area contributed by atoms with E-state index in [1.165, 1.54) is 6.07 Å². The number of aromatic amines is 1. The van der Waals surface area contributed by atoms with Crippen LogP contribution in [0.25, 0.3) is 0 Å². The summed E-state index contributed by atoms with van der Waals surface area (Å²) in [4.78, 5) is 29.6. The molecule has 0 radical (unpaired) electrons. The van der Waals surface area contributed by atoms with Crippen LogP contribution in [-0.4, -0.2) is 21.6 Å². The van der Waals surface area contributed by atoms with Crippen LogP contribution < -0.4 is 22.3 Å². The lowest BCUT2D eigenvalue weighted by molar-refractivity contribution is -0.113. The number of carbonyl (C=O) groups excluding carboxylic acids is 1. The smallest absolute Gasteiger partial charge is 0.253 e. The second-order valence-electron chi connectivity index (χ2n) is 4.39. The SMILES string of the molecule is Cc1ccc(N)cc1NC(=O)CSc1nc(N)cc(=O)[nH]1. The van der Waals surface area contributed by atoms with E-state index in [4.69, 9.17) is 11.5 Å². The van der Waals surface area contributed by atoms with Crippen LogP contribution in [0.1, 0.15) is 5.56 Å². The molecular formula is C13H15N5O2S. The average molecular weight is 305 g/mol. The molecule has 1 heterocycles. The second-order valence-corrected chi connectivity index (χ2v) is 5.35. The van der Waals surface area contributed by atoms with Gasteiger partial charge in [0.2, 0.25) is 5.91 Å². The molecule has 8 heteroatoms. The van der Waals surface area contributed by atoms with Gasteiger partial charge in [0.05, 0.1) is 5.75 Å². The number of H-pyrrole nitrogens is 1. The molecule has 0 aliphatic heterocycles. The molecule has 110 valence electrons. The van der Waals surface area contributed by atoms with Gasteiger partial charge in [0, 0.05) is 17.4 Å². The predicted molar refractivity (Wildman–Crippen MR) is 84.2 cm³/mol. The lowest BCUT2D eigenvalue weighted by atomic mass is 10.2. The minimum Gasteiger partial charge on any atom is -0.399 e. The molecule has 7 nitrogen and oxygen atoms in total. The van der Waals surface area contributed by atoms with Gasteiger partial charge < -0.3 is 21.8 Å². The predicted octanol–water partition coefficient (Wildman–Crippen LogP) is 0.974. The molecule has 2 aromatic rings. The molecule has 0 aliphatic carbocycles. The lowest BCUT2D eigenvalue weighted by Crippen LogP contribution is -2.16. The fourth-order valence-electron chi connectivity index (χ4n) is 1.62. The van der Waals surface area contributed by atoms with Gasteiger partial charge >= 0.3 is 0 Å². The molecule has 1 amide bonds. The summed E-state index contributed by atoms with van der Waals surface area (Å²) >= 11 is 1.10. The number of carbonyl (C=O) groups is 1. The van der Waals surface area contributed by atoms with Crippen LogP contribution in [0.2, 0.25) is 0 Å². The Hall–Kier alpha value is -2.48. The van der Waals surface area contributed by atoms with Crippen LogP contribution in [0.5, 0.6) is 0 Å². The third kappa shape index (κ3) is 4.25. The molecule has 0 spiro atoms. The number of hydrogen-bond donors (Lipinski definition) is 4. The third-order valence-electron chi connectivity index (χ3n) is 2.62. The molecule has 0 saturated heterocycles. The van der Waals surface area contributed by atoms with E-state index in [1.807, 2.05) is 13.0 Å². The zero-order valence-electron chi connectivity index (χ0n) is 11.3. The molecule has 0 aliphatic rings. The molecule has 0 unspecified atom stereocenters. The van der Waals surface area contributed by atoms with E-state index in [0.717, 1.165) is 17.3 Å². The highest BCUT2D eigenvalue weighted by atomic mass is 32.2. The second kappa shape index (κ2) is 6.31. The summed E-state index contributed by atoms with van der Waals surface area (Å²) in [5, 5.41) is 3.06. The molecule has 0 bridgehead atoms. The molecule has 6 N–H and O–H groups in total. The summed E-state index contributed by atoms with van der Waals surface area (Å²) in [6, 6.07) is 6.47. The molecule has 21 heavy (non-hydrogen) atoms. The zero-order chi connectivity index (χ0) is 15.4. The van der Waals surface area contributed by atoms with Crippen molar-refractivity contribution in [3.05, 3.63) is 40.2 Å². The van der Waals surface area contributed by atoms with Gasteiger partial charge in [-0.05, 0) is 24.6 Å². The van der Waals surface area contributed by atoms with E-state index in [0.29, 0.717) is 16.5 Å². The van der Waals surface area contributed by atoms with Gasteiger partial charge in [0.1, 0.15) is 5.82 Å². The molecule has 2 rings (SSSR count). The van der Waals surface area contributed by atoms with E-state index < -0.39 is 0 Å². The first-order valence-electron chi connectivity index (χ1n) is 6.09.